The van der Waals surface area contributed by atoms with E-state index < -0.39 is 5.77 Å². The summed E-state index contributed by atoms with van der Waals surface area (Å²) in [5.74, 6) is -2.72. The third-order valence-electron chi connectivity index (χ3n) is 1.05. The average molecular weight is 228 g/mol. The Balaban J connectivity index is 4.23. The third kappa shape index (κ3) is 3.85. The van der Waals surface area contributed by atoms with Crippen molar-refractivity contribution in [2.24, 2.45) is 0 Å². The lowest BCUT2D eigenvalue weighted by atomic mass is 11.0. The first-order valence-corrected chi connectivity index (χ1v) is 8.00. The molecule has 0 fully saturated rings. The second-order valence-electron chi connectivity index (χ2n) is 2.10. The van der Waals surface area contributed by atoms with Gasteiger partial charge in [0.1, 0.15) is 0 Å². The first-order valence-electron chi connectivity index (χ1n) is 3.12. The van der Waals surface area contributed by atoms with Gasteiger partial charge in [0.05, 0.1) is 0 Å². The van der Waals surface area contributed by atoms with Crippen LogP contribution in [0, 0.1) is 5.41 Å². The molecule has 0 aromatic rings. The van der Waals surface area contributed by atoms with Crippen LogP contribution in [-0.4, -0.2) is 37.5 Å². The Hall–Kier alpha value is 0.360. The minimum absolute atomic E-state index is 0.245. The van der Waals surface area contributed by atoms with Crippen LogP contribution in [0.4, 0.5) is 0 Å². The van der Waals surface area contributed by atoms with Crippen LogP contribution in [0.25, 0.3) is 0 Å². The third-order valence-corrected chi connectivity index (χ3v) is 8.15. The number of rotatable bonds is 3. The second-order valence-corrected chi connectivity index (χ2v) is 9.52. The van der Waals surface area contributed by atoms with E-state index in [1.54, 1.807) is 25.3 Å². The van der Waals surface area contributed by atoms with Gasteiger partial charge in [-0.2, -0.15) is 0 Å². The molecule has 72 valence electrons. The molecule has 0 aliphatic carbocycles. The molecule has 1 unspecified atom stereocenters. The fourth-order valence-corrected chi connectivity index (χ4v) is 4.34. The standard InChI is InChI=1S/C5H13N2O2PS2/c1-7(2)5(6)12-10(8,9-3)11-4/h6H,1-4H3. The van der Waals surface area contributed by atoms with Gasteiger partial charge in [-0.25, -0.2) is 0 Å². The van der Waals surface area contributed by atoms with Crippen molar-refractivity contribution in [2.45, 2.75) is 0 Å². The topological polar surface area (TPSA) is 53.4 Å². The summed E-state index contributed by atoms with van der Waals surface area (Å²) in [7, 11) is 4.86. The van der Waals surface area contributed by atoms with Crippen LogP contribution in [0.5, 0.6) is 0 Å². The summed E-state index contributed by atoms with van der Waals surface area (Å²) in [6.45, 7) is 0. The van der Waals surface area contributed by atoms with E-state index in [0.717, 1.165) is 22.8 Å². The van der Waals surface area contributed by atoms with E-state index in [1.165, 1.54) is 7.11 Å². The fourth-order valence-electron chi connectivity index (χ4n) is 0.337. The smallest absolute Gasteiger partial charge is 0.320 e. The number of hydrogen-bond acceptors (Lipinski definition) is 5. The van der Waals surface area contributed by atoms with Gasteiger partial charge in [0.15, 0.2) is 5.17 Å². The van der Waals surface area contributed by atoms with E-state index in [0.29, 0.717) is 0 Å². The summed E-state index contributed by atoms with van der Waals surface area (Å²) >= 11 is 2.11. The molecule has 0 radical (unpaired) electrons. The van der Waals surface area contributed by atoms with Gasteiger partial charge >= 0.3 is 5.77 Å². The van der Waals surface area contributed by atoms with Crippen molar-refractivity contribution >= 4 is 33.7 Å². The van der Waals surface area contributed by atoms with E-state index in [2.05, 4.69) is 0 Å². The Morgan fingerprint density at radius 1 is 1.58 bits per heavy atom. The molecule has 0 heterocycles. The first kappa shape index (κ1) is 12.4. The lowest BCUT2D eigenvalue weighted by molar-refractivity contribution is 0.424. The van der Waals surface area contributed by atoms with Crippen LogP contribution < -0.4 is 0 Å². The highest BCUT2D eigenvalue weighted by Crippen LogP contribution is 2.68. The summed E-state index contributed by atoms with van der Waals surface area (Å²) in [6.07, 6.45) is 1.71. The molecule has 0 aliphatic heterocycles. The predicted octanol–water partition coefficient (Wildman–Crippen LogP) is 2.33. The maximum atomic E-state index is 11.6. The molecule has 0 spiro atoms. The van der Waals surface area contributed by atoms with Crippen molar-refractivity contribution in [3.8, 4) is 0 Å². The van der Waals surface area contributed by atoms with Crippen LogP contribution in [0.2, 0.25) is 0 Å². The molecule has 0 saturated carbocycles. The van der Waals surface area contributed by atoms with Crippen LogP contribution >= 0.6 is 28.5 Å². The minimum Gasteiger partial charge on any atom is -0.357 e. The van der Waals surface area contributed by atoms with Crippen molar-refractivity contribution in [1.82, 2.24) is 4.90 Å². The molecule has 1 atom stereocenters. The van der Waals surface area contributed by atoms with Crippen LogP contribution in [-0.2, 0) is 9.09 Å². The maximum absolute atomic E-state index is 11.6. The van der Waals surface area contributed by atoms with E-state index >= 15 is 0 Å². The molecule has 0 rings (SSSR count). The quantitative estimate of drug-likeness (QED) is 0.456. The van der Waals surface area contributed by atoms with Crippen molar-refractivity contribution in [3.05, 3.63) is 0 Å². The van der Waals surface area contributed by atoms with Gasteiger partial charge in [0.25, 0.3) is 0 Å². The van der Waals surface area contributed by atoms with Gasteiger partial charge in [-0.1, -0.05) is 11.4 Å². The Labute approximate surface area is 80.9 Å². The Bertz CT molecular complexity index is 202. The van der Waals surface area contributed by atoms with Crippen LogP contribution in [0.1, 0.15) is 0 Å². The van der Waals surface area contributed by atoms with Gasteiger partial charge < -0.3 is 9.42 Å². The normalized spacial score (nSPS) is 15.3. The largest absolute Gasteiger partial charge is 0.357 e. The highest BCUT2D eigenvalue weighted by molar-refractivity contribution is 8.92. The molecule has 12 heavy (non-hydrogen) atoms. The zero-order valence-corrected chi connectivity index (χ0v) is 10.1. The maximum Gasteiger partial charge on any atom is 0.320 e. The number of nitrogens with one attached hydrogen (secondary N) is 1. The second kappa shape index (κ2) is 5.17. The summed E-state index contributed by atoms with van der Waals surface area (Å²) in [4.78, 5) is 1.59. The van der Waals surface area contributed by atoms with Gasteiger partial charge in [0, 0.05) is 32.6 Å². The predicted molar refractivity (Wildman–Crippen MR) is 57.1 cm³/mol. The zero-order chi connectivity index (χ0) is 9.78. The van der Waals surface area contributed by atoms with E-state index in [9.17, 15) is 4.57 Å². The van der Waals surface area contributed by atoms with Crippen LogP contribution in [0.3, 0.4) is 0 Å². The molecule has 0 aromatic heterocycles. The molecule has 1 N–H and O–H groups in total. The number of hydrogen-bond donors (Lipinski definition) is 1. The number of nitrogens with zero attached hydrogens (tertiary/aromatic N) is 1. The van der Waals surface area contributed by atoms with Crippen molar-refractivity contribution in [1.29, 1.82) is 5.41 Å². The van der Waals surface area contributed by atoms with E-state index in [1.807, 2.05) is 0 Å². The molecule has 7 heteroatoms. The Morgan fingerprint density at radius 3 is 2.33 bits per heavy atom. The minimum atomic E-state index is -2.72. The SMILES string of the molecule is COP(=O)(SC)SC(=N)N(C)C. The highest BCUT2D eigenvalue weighted by atomic mass is 33.1. The Kier molecular flexibility index (Phi) is 5.32. The van der Waals surface area contributed by atoms with Gasteiger partial charge in [-0.05, 0) is 6.26 Å². The summed E-state index contributed by atoms with van der Waals surface area (Å²) < 4.78 is 16.4. The zero-order valence-electron chi connectivity index (χ0n) is 7.53. The summed E-state index contributed by atoms with van der Waals surface area (Å²) in [5, 5.41) is 7.67. The molecular weight excluding hydrogens is 215 g/mol. The molecule has 0 aromatic carbocycles. The molecular formula is C5H13N2O2PS2. The van der Waals surface area contributed by atoms with Crippen molar-refractivity contribution in [2.75, 3.05) is 27.5 Å². The first-order chi connectivity index (χ1) is 5.45. The Morgan fingerprint density at radius 2 is 2.08 bits per heavy atom. The molecule has 4 nitrogen and oxygen atoms in total. The molecule has 0 saturated heterocycles. The van der Waals surface area contributed by atoms with Crippen molar-refractivity contribution in [3.63, 3.8) is 0 Å². The van der Waals surface area contributed by atoms with Crippen molar-refractivity contribution < 1.29 is 9.09 Å². The summed E-state index contributed by atoms with van der Waals surface area (Å²) in [6, 6.07) is 0. The van der Waals surface area contributed by atoms with Gasteiger partial charge in [-0.3, -0.25) is 9.97 Å². The molecule has 0 aliphatic rings. The number of amidine groups is 1. The van der Waals surface area contributed by atoms with Gasteiger partial charge in [0.2, 0.25) is 0 Å². The molecule has 0 bridgehead atoms. The summed E-state index contributed by atoms with van der Waals surface area (Å²) in [5.41, 5.74) is 0. The average Bonchev–Trinajstić information content (AvgIpc) is 2.04. The fraction of sp³-hybridized carbons (Fsp3) is 0.800. The lowest BCUT2D eigenvalue weighted by Gasteiger charge is -2.16. The van der Waals surface area contributed by atoms with E-state index in [-0.39, 0.29) is 5.17 Å². The van der Waals surface area contributed by atoms with E-state index in [4.69, 9.17) is 9.93 Å². The lowest BCUT2D eigenvalue weighted by Crippen LogP contribution is -2.16. The monoisotopic (exact) mass is 228 g/mol. The van der Waals surface area contributed by atoms with Crippen LogP contribution in [0.15, 0.2) is 0 Å². The van der Waals surface area contributed by atoms with Gasteiger partial charge in [-0.15, -0.1) is 0 Å². The molecule has 0 amide bonds. The highest BCUT2D eigenvalue weighted by Gasteiger charge is 2.24.